The van der Waals surface area contributed by atoms with Crippen LogP contribution in [0.25, 0.3) is 0 Å². The van der Waals surface area contributed by atoms with Crippen molar-refractivity contribution in [2.75, 3.05) is 18.4 Å². The topological polar surface area (TPSA) is 87.2 Å². The predicted molar refractivity (Wildman–Crippen MR) is 99.0 cm³/mol. The van der Waals surface area contributed by atoms with Crippen molar-refractivity contribution in [2.45, 2.75) is 37.3 Å². The number of anilines is 1. The minimum absolute atomic E-state index is 0.0159. The highest BCUT2D eigenvalue weighted by atomic mass is 32.1. The molecule has 26 heavy (non-hydrogen) atoms. The molecule has 0 unspecified atom stereocenters. The molecule has 2 aliphatic rings. The van der Waals surface area contributed by atoms with E-state index in [4.69, 9.17) is 0 Å². The van der Waals surface area contributed by atoms with Gasteiger partial charge in [0.05, 0.1) is 0 Å². The molecule has 0 spiro atoms. The molecule has 0 radical (unpaired) electrons. The maximum atomic E-state index is 12.9. The monoisotopic (exact) mass is 371 g/mol. The number of nitrogens with zero attached hydrogens (tertiary/aromatic N) is 3. The van der Waals surface area contributed by atoms with Gasteiger partial charge in [-0.3, -0.25) is 14.6 Å². The quantitative estimate of drug-likeness (QED) is 0.838. The van der Waals surface area contributed by atoms with Gasteiger partial charge >= 0.3 is 0 Å². The van der Waals surface area contributed by atoms with E-state index in [2.05, 4.69) is 20.6 Å². The number of piperidine rings is 1. The number of carbonyl (C=O) groups is 2. The van der Waals surface area contributed by atoms with Crippen molar-refractivity contribution in [3.05, 3.63) is 41.7 Å². The summed E-state index contributed by atoms with van der Waals surface area (Å²) in [6, 6.07) is 3.74. The van der Waals surface area contributed by atoms with E-state index in [1.54, 1.807) is 30.7 Å². The van der Waals surface area contributed by atoms with E-state index in [0.717, 1.165) is 18.0 Å². The maximum absolute atomic E-state index is 12.9. The molecule has 2 amide bonds. The van der Waals surface area contributed by atoms with Gasteiger partial charge in [0.1, 0.15) is 5.54 Å². The second-order valence-corrected chi connectivity index (χ2v) is 7.71. The highest BCUT2D eigenvalue weighted by Gasteiger charge is 2.44. The van der Waals surface area contributed by atoms with Crippen LogP contribution in [0.3, 0.4) is 0 Å². The highest BCUT2D eigenvalue weighted by Crippen LogP contribution is 2.30. The van der Waals surface area contributed by atoms with Gasteiger partial charge in [0.15, 0.2) is 5.13 Å². The van der Waals surface area contributed by atoms with Crippen LogP contribution in [0.5, 0.6) is 0 Å². The number of nitrogens with one attached hydrogen (secondary N) is 2. The standard InChI is InChI=1S/C18H21N5O2S/c24-15(13-3-7-19-8-4-13)23-10-5-18(6-11-23,16(25)21-14-1-2-14)22-17-20-9-12-26-17/h3-4,7-9,12,14H,1-2,5-6,10-11H2,(H,20,22)(H,21,25). The van der Waals surface area contributed by atoms with Crippen molar-refractivity contribution in [1.29, 1.82) is 0 Å². The minimum atomic E-state index is -0.713. The van der Waals surface area contributed by atoms with Gasteiger partial charge in [-0.15, -0.1) is 11.3 Å². The van der Waals surface area contributed by atoms with Gasteiger partial charge in [-0.1, -0.05) is 0 Å². The zero-order valence-corrected chi connectivity index (χ0v) is 15.2. The Morgan fingerprint density at radius 1 is 1.15 bits per heavy atom. The van der Waals surface area contributed by atoms with E-state index in [9.17, 15) is 9.59 Å². The lowest BCUT2D eigenvalue weighted by atomic mass is 9.86. The summed E-state index contributed by atoms with van der Waals surface area (Å²) in [4.78, 5) is 35.6. The highest BCUT2D eigenvalue weighted by molar-refractivity contribution is 7.13. The largest absolute Gasteiger partial charge is 0.351 e. The van der Waals surface area contributed by atoms with Crippen LogP contribution >= 0.6 is 11.3 Å². The first kappa shape index (κ1) is 17.0. The molecule has 136 valence electrons. The van der Waals surface area contributed by atoms with Crippen molar-refractivity contribution in [3.8, 4) is 0 Å². The number of aromatic nitrogens is 2. The normalized spacial score (nSPS) is 19.0. The van der Waals surface area contributed by atoms with Crippen molar-refractivity contribution in [3.63, 3.8) is 0 Å². The van der Waals surface area contributed by atoms with E-state index >= 15 is 0 Å². The molecular weight excluding hydrogens is 350 g/mol. The summed E-state index contributed by atoms with van der Waals surface area (Å²) in [5.41, 5.74) is -0.0852. The molecule has 0 bridgehead atoms. The summed E-state index contributed by atoms with van der Waals surface area (Å²) in [5, 5.41) is 9.10. The first-order valence-electron chi connectivity index (χ1n) is 8.84. The fourth-order valence-electron chi connectivity index (χ4n) is 3.22. The molecule has 2 aromatic heterocycles. The first-order chi connectivity index (χ1) is 12.7. The number of rotatable bonds is 5. The Labute approximate surface area is 155 Å². The molecule has 8 heteroatoms. The summed E-state index contributed by atoms with van der Waals surface area (Å²) >= 11 is 1.48. The SMILES string of the molecule is O=C(c1ccncc1)N1CCC(Nc2nccs2)(C(=O)NC2CC2)CC1. The predicted octanol–water partition coefficient (Wildman–Crippen LogP) is 1.90. The van der Waals surface area contributed by atoms with Gasteiger partial charge < -0.3 is 15.5 Å². The van der Waals surface area contributed by atoms with Crippen LogP contribution in [0.1, 0.15) is 36.0 Å². The van der Waals surface area contributed by atoms with Gasteiger partial charge in [0.25, 0.3) is 5.91 Å². The lowest BCUT2D eigenvalue weighted by Crippen LogP contribution is -2.59. The summed E-state index contributed by atoms with van der Waals surface area (Å²) in [5.74, 6) is 0.00376. The van der Waals surface area contributed by atoms with Gasteiger partial charge in [-0.25, -0.2) is 4.98 Å². The van der Waals surface area contributed by atoms with Crippen molar-refractivity contribution < 1.29 is 9.59 Å². The number of hydrogen-bond donors (Lipinski definition) is 2. The number of likely N-dealkylation sites (tertiary alicyclic amines) is 1. The van der Waals surface area contributed by atoms with Crippen LogP contribution in [-0.2, 0) is 4.79 Å². The number of thiazole rings is 1. The van der Waals surface area contributed by atoms with Crippen molar-refractivity contribution >= 4 is 28.3 Å². The van der Waals surface area contributed by atoms with E-state index < -0.39 is 5.54 Å². The molecular formula is C18H21N5O2S. The Kier molecular flexibility index (Phi) is 4.58. The van der Waals surface area contributed by atoms with Crippen LogP contribution in [0.15, 0.2) is 36.1 Å². The van der Waals surface area contributed by atoms with Crippen LogP contribution in [0.2, 0.25) is 0 Å². The second-order valence-electron chi connectivity index (χ2n) is 6.82. The summed E-state index contributed by atoms with van der Waals surface area (Å²) in [6.45, 7) is 1.05. The fourth-order valence-corrected chi connectivity index (χ4v) is 3.85. The third-order valence-corrected chi connectivity index (χ3v) is 5.65. The Morgan fingerprint density at radius 2 is 1.88 bits per heavy atom. The van der Waals surface area contributed by atoms with E-state index in [0.29, 0.717) is 37.5 Å². The lowest BCUT2D eigenvalue weighted by Gasteiger charge is -2.41. The molecule has 0 atom stereocenters. The second kappa shape index (κ2) is 7.03. The molecule has 1 aliphatic carbocycles. The summed E-state index contributed by atoms with van der Waals surface area (Å²) in [7, 11) is 0. The van der Waals surface area contributed by atoms with E-state index in [1.807, 2.05) is 10.3 Å². The average Bonchev–Trinajstić information content (AvgIpc) is 3.35. The third kappa shape index (κ3) is 3.55. The Balaban J connectivity index is 1.48. The maximum Gasteiger partial charge on any atom is 0.253 e. The van der Waals surface area contributed by atoms with E-state index in [1.165, 1.54) is 11.3 Å². The van der Waals surface area contributed by atoms with Gasteiger partial charge in [0, 0.05) is 48.7 Å². The van der Waals surface area contributed by atoms with Crippen LogP contribution < -0.4 is 10.6 Å². The minimum Gasteiger partial charge on any atom is -0.351 e. The molecule has 1 aliphatic heterocycles. The molecule has 4 rings (SSSR count). The molecule has 2 aromatic rings. The van der Waals surface area contributed by atoms with Crippen molar-refractivity contribution in [2.24, 2.45) is 0 Å². The van der Waals surface area contributed by atoms with E-state index in [-0.39, 0.29) is 11.8 Å². The molecule has 2 fully saturated rings. The molecule has 7 nitrogen and oxygen atoms in total. The van der Waals surface area contributed by atoms with Gasteiger partial charge in [-0.05, 0) is 37.8 Å². The van der Waals surface area contributed by atoms with Crippen LogP contribution in [0.4, 0.5) is 5.13 Å². The number of carbonyl (C=O) groups excluding carboxylic acids is 2. The number of amides is 2. The molecule has 1 saturated heterocycles. The number of pyridine rings is 1. The summed E-state index contributed by atoms with van der Waals surface area (Å²) in [6.07, 6.45) is 8.17. The van der Waals surface area contributed by atoms with Crippen LogP contribution in [0, 0.1) is 0 Å². The average molecular weight is 371 g/mol. The fraction of sp³-hybridized carbons (Fsp3) is 0.444. The Hall–Kier alpha value is -2.48. The zero-order valence-electron chi connectivity index (χ0n) is 14.4. The molecule has 1 saturated carbocycles. The van der Waals surface area contributed by atoms with Gasteiger partial charge in [-0.2, -0.15) is 0 Å². The van der Waals surface area contributed by atoms with Crippen LogP contribution in [-0.4, -0.2) is 51.4 Å². The summed E-state index contributed by atoms with van der Waals surface area (Å²) < 4.78 is 0. The third-order valence-electron chi connectivity index (χ3n) is 4.96. The first-order valence-corrected chi connectivity index (χ1v) is 9.72. The Morgan fingerprint density at radius 3 is 2.50 bits per heavy atom. The molecule has 3 heterocycles. The molecule has 0 aromatic carbocycles. The Bertz CT molecular complexity index is 768. The van der Waals surface area contributed by atoms with Crippen molar-refractivity contribution in [1.82, 2.24) is 20.2 Å². The smallest absolute Gasteiger partial charge is 0.253 e. The lowest BCUT2D eigenvalue weighted by molar-refractivity contribution is -0.127. The number of hydrogen-bond acceptors (Lipinski definition) is 6. The zero-order chi connectivity index (χ0) is 18.0. The molecule has 2 N–H and O–H groups in total. The van der Waals surface area contributed by atoms with Gasteiger partial charge in [0.2, 0.25) is 5.91 Å².